The van der Waals surface area contributed by atoms with Crippen LogP contribution < -0.4 is 10.6 Å². The minimum atomic E-state index is -4.16. The van der Waals surface area contributed by atoms with Gasteiger partial charge < -0.3 is 10.2 Å². The van der Waals surface area contributed by atoms with E-state index in [0.717, 1.165) is 42.6 Å². The van der Waals surface area contributed by atoms with Crippen molar-refractivity contribution >= 4 is 23.9 Å². The number of benzene rings is 2. The first-order chi connectivity index (χ1) is 12.8. The molecule has 27 heavy (non-hydrogen) atoms. The lowest BCUT2D eigenvalue weighted by molar-refractivity contribution is 0.106. The van der Waals surface area contributed by atoms with Crippen molar-refractivity contribution in [3.63, 3.8) is 0 Å². The minimum absolute atomic E-state index is 0.167. The van der Waals surface area contributed by atoms with Crippen molar-refractivity contribution in [2.45, 2.75) is 53.4 Å². The van der Waals surface area contributed by atoms with Crippen molar-refractivity contribution in [3.8, 4) is 0 Å². The lowest BCUT2D eigenvalue weighted by atomic mass is 9.97. The van der Waals surface area contributed by atoms with Gasteiger partial charge in [-0.25, -0.2) is 0 Å². The number of carbonyl (C=O) groups is 1. The van der Waals surface area contributed by atoms with E-state index in [2.05, 4.69) is 12.2 Å². The van der Waals surface area contributed by atoms with Crippen LogP contribution in [0, 0.1) is 13.8 Å². The highest BCUT2D eigenvalue weighted by molar-refractivity contribution is 7.82. The molecule has 5 heteroatoms. The van der Waals surface area contributed by atoms with E-state index in [9.17, 15) is 14.3 Å². The highest BCUT2D eigenvalue weighted by Gasteiger charge is 2.34. The molecule has 0 fully saturated rings. The summed E-state index contributed by atoms with van der Waals surface area (Å²) < 4.78 is 13.0. The summed E-state index contributed by atoms with van der Waals surface area (Å²) in [5, 5.41) is 3.30. The molecule has 2 aromatic rings. The molecule has 2 aromatic carbocycles. The molecule has 1 unspecified atom stereocenters. The third-order valence-electron chi connectivity index (χ3n) is 4.75. The largest absolute Gasteiger partial charge is 0.385 e. The number of aryl methyl sites for hydroxylation is 3. The van der Waals surface area contributed by atoms with Gasteiger partial charge in [0, 0.05) is 23.1 Å². The Kier molecular flexibility index (Phi) is 7.41. The summed E-state index contributed by atoms with van der Waals surface area (Å²) in [5.41, 5.74) is 3.26. The van der Waals surface area contributed by atoms with Gasteiger partial charge in [0.05, 0.1) is 0 Å². The molecule has 0 amide bonds. The average molecular weight is 387 g/mol. The molecule has 0 saturated heterocycles. The second-order valence-corrected chi connectivity index (χ2v) is 9.09. The average Bonchev–Trinajstić information content (AvgIpc) is 2.62. The van der Waals surface area contributed by atoms with Crippen LogP contribution >= 0.6 is 7.37 Å². The number of nitrogens with one attached hydrogen (secondary N) is 1. The summed E-state index contributed by atoms with van der Waals surface area (Å²) in [4.78, 5) is 23.6. The zero-order chi connectivity index (χ0) is 20.0. The van der Waals surface area contributed by atoms with Crippen LogP contribution in [0.4, 0.5) is 5.69 Å². The van der Waals surface area contributed by atoms with Crippen LogP contribution in [0.3, 0.4) is 0 Å². The summed E-state index contributed by atoms with van der Waals surface area (Å²) in [6.45, 7) is 8.60. The maximum absolute atomic E-state index is 13.0. The van der Waals surface area contributed by atoms with E-state index in [1.165, 1.54) is 12.0 Å². The normalized spacial score (nSPS) is 13.2. The first-order valence-corrected chi connectivity index (χ1v) is 11.3. The summed E-state index contributed by atoms with van der Waals surface area (Å²) >= 11 is 0. The van der Waals surface area contributed by atoms with E-state index in [4.69, 9.17) is 0 Å². The van der Waals surface area contributed by atoms with Crippen molar-refractivity contribution in [2.24, 2.45) is 0 Å². The first-order valence-electron chi connectivity index (χ1n) is 9.63. The fourth-order valence-electron chi connectivity index (χ4n) is 3.37. The van der Waals surface area contributed by atoms with Gasteiger partial charge in [-0.05, 0) is 74.6 Å². The van der Waals surface area contributed by atoms with Gasteiger partial charge in [0.1, 0.15) is 0 Å². The van der Waals surface area contributed by atoms with E-state index < -0.39 is 12.9 Å². The van der Waals surface area contributed by atoms with Crippen molar-refractivity contribution < 1.29 is 14.3 Å². The second-order valence-electron chi connectivity index (χ2n) is 7.02. The van der Waals surface area contributed by atoms with Gasteiger partial charge in [-0.15, -0.1) is 0 Å². The zero-order valence-electron chi connectivity index (χ0n) is 16.7. The lowest BCUT2D eigenvalue weighted by Crippen LogP contribution is -2.15. The molecule has 0 bridgehead atoms. The highest BCUT2D eigenvalue weighted by Crippen LogP contribution is 2.44. The first kappa shape index (κ1) is 21.4. The monoisotopic (exact) mass is 387 g/mol. The van der Waals surface area contributed by atoms with E-state index >= 15 is 0 Å². The fraction of sp³-hybridized carbons (Fsp3) is 0.409. The number of hydrogen-bond donors (Lipinski definition) is 2. The predicted octanol–water partition coefficient (Wildman–Crippen LogP) is 5.20. The summed E-state index contributed by atoms with van der Waals surface area (Å²) in [5.74, 6) is 0. The Bertz CT molecular complexity index is 820. The summed E-state index contributed by atoms with van der Waals surface area (Å²) in [6, 6.07) is 10.5. The molecule has 2 N–H and O–H groups in total. The van der Waals surface area contributed by atoms with Crippen molar-refractivity contribution in [1.29, 1.82) is 0 Å². The molecule has 0 spiro atoms. The molecule has 0 radical (unpaired) electrons. The molecule has 0 aliphatic heterocycles. The molecule has 4 nitrogen and oxygen atoms in total. The van der Waals surface area contributed by atoms with Crippen LogP contribution in [0.2, 0.25) is 0 Å². The van der Waals surface area contributed by atoms with Crippen LogP contribution in [0.25, 0.3) is 0 Å². The third-order valence-corrected chi connectivity index (χ3v) is 6.52. The molecular formula is C22H30NO3P. The molecule has 1 atom stereocenters. The number of hydrogen-bond acceptors (Lipinski definition) is 3. The SMILES string of the molecule is CCCCCc1cc(C)c(C(=O)P(=O)(O)c2ccc(NCC)cc2)c(C)c1. The number of anilines is 1. The van der Waals surface area contributed by atoms with Crippen LogP contribution in [0.5, 0.6) is 0 Å². The van der Waals surface area contributed by atoms with Gasteiger partial charge in [0.25, 0.3) is 12.9 Å². The van der Waals surface area contributed by atoms with E-state index in [1.807, 2.05) is 32.9 Å². The Labute approximate surface area is 162 Å². The van der Waals surface area contributed by atoms with Crippen LogP contribution in [0.1, 0.15) is 60.2 Å². The predicted molar refractivity (Wildman–Crippen MR) is 114 cm³/mol. The lowest BCUT2D eigenvalue weighted by Gasteiger charge is -2.16. The van der Waals surface area contributed by atoms with Gasteiger partial charge in [-0.3, -0.25) is 9.36 Å². The third kappa shape index (κ3) is 5.09. The zero-order valence-corrected chi connectivity index (χ0v) is 17.6. The Balaban J connectivity index is 2.30. The van der Waals surface area contributed by atoms with Crippen molar-refractivity contribution in [2.75, 3.05) is 11.9 Å². The van der Waals surface area contributed by atoms with Gasteiger partial charge in [0.2, 0.25) is 0 Å². The Hall–Kier alpha value is -1.90. The van der Waals surface area contributed by atoms with E-state index in [1.54, 1.807) is 24.3 Å². The molecule has 0 saturated carbocycles. The van der Waals surface area contributed by atoms with Crippen LogP contribution in [0.15, 0.2) is 36.4 Å². The summed E-state index contributed by atoms with van der Waals surface area (Å²) in [7, 11) is -4.16. The second kappa shape index (κ2) is 9.34. The maximum atomic E-state index is 13.0. The van der Waals surface area contributed by atoms with Gasteiger partial charge in [-0.1, -0.05) is 31.9 Å². The van der Waals surface area contributed by atoms with Gasteiger partial charge in [-0.2, -0.15) is 0 Å². The van der Waals surface area contributed by atoms with Crippen LogP contribution in [-0.2, 0) is 11.0 Å². The highest BCUT2D eigenvalue weighted by atomic mass is 31.2. The minimum Gasteiger partial charge on any atom is -0.385 e. The molecule has 0 aliphatic rings. The van der Waals surface area contributed by atoms with Crippen molar-refractivity contribution in [3.05, 3.63) is 58.7 Å². The summed E-state index contributed by atoms with van der Waals surface area (Å²) in [6.07, 6.45) is 4.41. The van der Waals surface area contributed by atoms with Crippen molar-refractivity contribution in [1.82, 2.24) is 0 Å². The van der Waals surface area contributed by atoms with Gasteiger partial charge >= 0.3 is 0 Å². The van der Waals surface area contributed by atoms with Crippen LogP contribution in [-0.4, -0.2) is 17.0 Å². The molecule has 0 aromatic heterocycles. The quantitative estimate of drug-likeness (QED) is 0.458. The van der Waals surface area contributed by atoms with Gasteiger partial charge in [0.15, 0.2) is 0 Å². The van der Waals surface area contributed by atoms with E-state index in [0.29, 0.717) is 5.56 Å². The molecule has 2 rings (SSSR count). The van der Waals surface area contributed by atoms with E-state index in [-0.39, 0.29) is 5.30 Å². The molecule has 0 aliphatic carbocycles. The Morgan fingerprint density at radius 3 is 2.15 bits per heavy atom. The fourth-order valence-corrected chi connectivity index (χ4v) is 4.81. The number of carbonyl (C=O) groups excluding carboxylic acids is 1. The molecule has 0 heterocycles. The Morgan fingerprint density at radius 1 is 1.04 bits per heavy atom. The topological polar surface area (TPSA) is 66.4 Å². The maximum Gasteiger partial charge on any atom is 0.298 e. The Morgan fingerprint density at radius 2 is 1.63 bits per heavy atom. The molecule has 146 valence electrons. The number of rotatable bonds is 9. The standard InChI is InChI=1S/C22H30NO3P/c1-5-7-8-9-18-14-16(3)21(17(4)15-18)22(24)27(25,26)20-12-10-19(11-13-20)23-6-2/h10-15,23H,5-9H2,1-4H3,(H,25,26). The number of unbranched alkanes of at least 4 members (excludes halogenated alkanes) is 2. The molecular weight excluding hydrogens is 357 g/mol. The smallest absolute Gasteiger partial charge is 0.298 e.